The molecule has 3 rings (SSSR count). The number of hydrogen-bond acceptors (Lipinski definition) is 6. The van der Waals surface area contributed by atoms with E-state index in [0.29, 0.717) is 17.6 Å². The fourth-order valence-electron chi connectivity index (χ4n) is 2.70. The number of pyridine rings is 1. The van der Waals surface area contributed by atoms with Gasteiger partial charge in [0.1, 0.15) is 22.9 Å². The highest BCUT2D eigenvalue weighted by Crippen LogP contribution is 2.41. The van der Waals surface area contributed by atoms with Crippen molar-refractivity contribution in [2.75, 3.05) is 7.11 Å². The smallest absolute Gasteiger partial charge is 0.337 e. The third kappa shape index (κ3) is 3.11. The molecule has 26 heavy (non-hydrogen) atoms. The lowest BCUT2D eigenvalue weighted by Gasteiger charge is -2.34. The molecule has 1 N–H and O–H groups in total. The maximum atomic E-state index is 11.9. The van der Waals surface area contributed by atoms with Crippen molar-refractivity contribution in [3.8, 4) is 11.5 Å². The highest BCUT2D eigenvalue weighted by molar-refractivity contribution is 5.95. The highest BCUT2D eigenvalue weighted by atomic mass is 16.5. The lowest BCUT2D eigenvalue weighted by molar-refractivity contribution is -0.106. The fraction of sp³-hybridized carbons (Fsp3) is 0.211. The van der Waals surface area contributed by atoms with Gasteiger partial charge in [0.05, 0.1) is 23.8 Å². The number of aldehydes is 1. The second kappa shape index (κ2) is 6.51. The van der Waals surface area contributed by atoms with E-state index in [1.54, 1.807) is 32.0 Å². The van der Waals surface area contributed by atoms with Crippen molar-refractivity contribution >= 4 is 18.0 Å². The number of hydrogen-bond donors (Lipinski definition) is 1. The average Bonchev–Trinajstić information content (AvgIpc) is 2.60. The summed E-state index contributed by atoms with van der Waals surface area (Å²) in [6.45, 7) is 3.46. The first-order valence-electron chi connectivity index (χ1n) is 7.84. The molecule has 0 aliphatic carbocycles. The Morgan fingerprint density at radius 2 is 2.00 bits per heavy atom. The van der Waals surface area contributed by atoms with Gasteiger partial charge in [-0.25, -0.2) is 4.79 Å². The van der Waals surface area contributed by atoms with Gasteiger partial charge >= 0.3 is 5.97 Å². The zero-order valence-electron chi connectivity index (χ0n) is 14.5. The van der Waals surface area contributed by atoms with Crippen LogP contribution in [-0.4, -0.2) is 30.0 Å². The standard InChI is InChI=1S/C19H17NO6/c1-19(2)14(10-21)17(25-12-6-7-20-16(22)9-12)13-8-11(18(23)24-3)4-5-15(13)26-19/h4-10H,1-3H3,(H,20,22). The van der Waals surface area contributed by atoms with Crippen molar-refractivity contribution in [2.45, 2.75) is 19.4 Å². The molecule has 0 radical (unpaired) electrons. The summed E-state index contributed by atoms with van der Waals surface area (Å²) in [6, 6.07) is 7.54. The first-order valence-corrected chi connectivity index (χ1v) is 7.84. The predicted octanol–water partition coefficient (Wildman–Crippen LogP) is 2.32. The lowest BCUT2D eigenvalue weighted by Crippen LogP contribution is -2.36. The minimum absolute atomic E-state index is 0.225. The topological polar surface area (TPSA) is 94.7 Å². The summed E-state index contributed by atoms with van der Waals surface area (Å²) >= 11 is 0. The molecule has 1 aliphatic heterocycles. The number of nitrogens with one attached hydrogen (secondary N) is 1. The van der Waals surface area contributed by atoms with Gasteiger partial charge in [-0.2, -0.15) is 0 Å². The Kier molecular flexibility index (Phi) is 4.38. The van der Waals surface area contributed by atoms with Crippen LogP contribution >= 0.6 is 0 Å². The largest absolute Gasteiger partial charge is 0.482 e. The quantitative estimate of drug-likeness (QED) is 0.668. The Bertz CT molecular complexity index is 970. The molecule has 2 aromatic rings. The molecule has 7 nitrogen and oxygen atoms in total. The molecule has 7 heteroatoms. The van der Waals surface area contributed by atoms with Crippen LogP contribution in [0.4, 0.5) is 0 Å². The van der Waals surface area contributed by atoms with Crippen molar-refractivity contribution in [3.05, 3.63) is 63.6 Å². The molecule has 0 fully saturated rings. The second-order valence-electron chi connectivity index (χ2n) is 6.17. The monoisotopic (exact) mass is 355 g/mol. The van der Waals surface area contributed by atoms with Crippen LogP contribution in [0.25, 0.3) is 5.76 Å². The molecule has 0 amide bonds. The molecule has 0 bridgehead atoms. The number of aromatic nitrogens is 1. The summed E-state index contributed by atoms with van der Waals surface area (Å²) < 4.78 is 16.5. The molecular weight excluding hydrogens is 338 g/mol. The second-order valence-corrected chi connectivity index (χ2v) is 6.17. The van der Waals surface area contributed by atoms with Gasteiger partial charge < -0.3 is 19.2 Å². The van der Waals surface area contributed by atoms with Crippen LogP contribution in [-0.2, 0) is 9.53 Å². The van der Waals surface area contributed by atoms with Gasteiger partial charge in [-0.1, -0.05) is 0 Å². The molecule has 1 aromatic carbocycles. The Hall–Kier alpha value is -3.35. The van der Waals surface area contributed by atoms with Crippen molar-refractivity contribution in [3.63, 3.8) is 0 Å². The zero-order valence-corrected chi connectivity index (χ0v) is 14.5. The summed E-state index contributed by atoms with van der Waals surface area (Å²) in [6.07, 6.45) is 2.09. The number of aromatic amines is 1. The van der Waals surface area contributed by atoms with Gasteiger partial charge in [0.25, 0.3) is 5.56 Å². The van der Waals surface area contributed by atoms with E-state index in [9.17, 15) is 14.4 Å². The number of esters is 1. The molecule has 0 saturated heterocycles. The van der Waals surface area contributed by atoms with Crippen LogP contribution in [0, 0.1) is 0 Å². The molecule has 0 unspecified atom stereocenters. The third-order valence-corrected chi connectivity index (χ3v) is 3.99. The minimum Gasteiger partial charge on any atom is -0.482 e. The van der Waals surface area contributed by atoms with E-state index in [-0.39, 0.29) is 28.2 Å². The number of carbonyl (C=O) groups excluding carboxylic acids is 2. The zero-order chi connectivity index (χ0) is 18.9. The predicted molar refractivity (Wildman–Crippen MR) is 93.2 cm³/mol. The number of rotatable bonds is 4. The van der Waals surface area contributed by atoms with Gasteiger partial charge in [-0.3, -0.25) is 9.59 Å². The van der Waals surface area contributed by atoms with Crippen LogP contribution < -0.4 is 15.0 Å². The van der Waals surface area contributed by atoms with E-state index in [2.05, 4.69) is 4.98 Å². The number of fused-ring (bicyclic) bond motifs is 1. The van der Waals surface area contributed by atoms with Crippen molar-refractivity contribution < 1.29 is 23.8 Å². The van der Waals surface area contributed by atoms with Crippen molar-refractivity contribution in [2.24, 2.45) is 0 Å². The number of methoxy groups -OCH3 is 1. The molecule has 0 saturated carbocycles. The van der Waals surface area contributed by atoms with E-state index in [1.165, 1.54) is 25.4 Å². The number of benzene rings is 1. The van der Waals surface area contributed by atoms with E-state index < -0.39 is 11.6 Å². The maximum absolute atomic E-state index is 11.9. The summed E-state index contributed by atoms with van der Waals surface area (Å²) in [5, 5.41) is 0. The molecule has 134 valence electrons. The Morgan fingerprint density at radius 1 is 1.23 bits per heavy atom. The van der Waals surface area contributed by atoms with Gasteiger partial charge in [0, 0.05) is 12.3 Å². The summed E-state index contributed by atoms with van der Waals surface area (Å²) in [4.78, 5) is 37.6. The van der Waals surface area contributed by atoms with Crippen LogP contribution in [0.1, 0.15) is 29.8 Å². The molecule has 1 aromatic heterocycles. The fourth-order valence-corrected chi connectivity index (χ4v) is 2.70. The third-order valence-electron chi connectivity index (χ3n) is 3.99. The Balaban J connectivity index is 2.19. The number of carbonyl (C=O) groups is 2. The summed E-state index contributed by atoms with van der Waals surface area (Å²) in [7, 11) is 1.28. The number of H-pyrrole nitrogens is 1. The Labute approximate surface area is 149 Å². The normalized spacial score (nSPS) is 14.9. The van der Waals surface area contributed by atoms with Crippen LogP contribution in [0.2, 0.25) is 0 Å². The van der Waals surface area contributed by atoms with E-state index >= 15 is 0 Å². The SMILES string of the molecule is COC(=O)c1ccc2c(c1)C(Oc1cc[nH]c(=O)c1)=C(C=O)C(C)(C)O2. The number of ether oxygens (including phenoxy) is 3. The van der Waals surface area contributed by atoms with Gasteiger partial charge in [-0.05, 0) is 38.1 Å². The van der Waals surface area contributed by atoms with Crippen LogP contribution in [0.5, 0.6) is 11.5 Å². The first kappa shape index (κ1) is 17.5. The molecule has 1 aliphatic rings. The first-order chi connectivity index (χ1) is 12.4. The maximum Gasteiger partial charge on any atom is 0.337 e. The van der Waals surface area contributed by atoms with Crippen LogP contribution in [0.15, 0.2) is 46.9 Å². The van der Waals surface area contributed by atoms with Gasteiger partial charge in [-0.15, -0.1) is 0 Å². The van der Waals surface area contributed by atoms with Crippen molar-refractivity contribution in [1.29, 1.82) is 0 Å². The highest BCUT2D eigenvalue weighted by Gasteiger charge is 2.37. The molecular formula is C19H17NO6. The van der Waals surface area contributed by atoms with Crippen molar-refractivity contribution in [1.82, 2.24) is 4.98 Å². The molecule has 0 spiro atoms. The minimum atomic E-state index is -0.946. The summed E-state index contributed by atoms with van der Waals surface area (Å²) in [5.74, 6) is 0.409. The summed E-state index contributed by atoms with van der Waals surface area (Å²) in [5.41, 5.74) is -0.322. The van der Waals surface area contributed by atoms with E-state index in [1.807, 2.05) is 0 Å². The lowest BCUT2D eigenvalue weighted by atomic mass is 9.91. The van der Waals surface area contributed by atoms with Crippen LogP contribution in [0.3, 0.4) is 0 Å². The average molecular weight is 355 g/mol. The van der Waals surface area contributed by atoms with Gasteiger partial charge in [0.2, 0.25) is 0 Å². The molecule has 0 atom stereocenters. The van der Waals surface area contributed by atoms with Gasteiger partial charge in [0.15, 0.2) is 6.29 Å². The Morgan fingerprint density at radius 3 is 2.65 bits per heavy atom. The van der Waals surface area contributed by atoms with E-state index in [0.717, 1.165) is 0 Å². The molecule has 2 heterocycles. The van der Waals surface area contributed by atoms with E-state index in [4.69, 9.17) is 14.2 Å².